The van der Waals surface area contributed by atoms with Crippen LogP contribution in [0.4, 0.5) is 11.6 Å². The van der Waals surface area contributed by atoms with Crippen molar-refractivity contribution in [1.82, 2.24) is 14.9 Å². The Balaban J connectivity index is 1.84. The van der Waals surface area contributed by atoms with Crippen LogP contribution >= 0.6 is 0 Å². The molecule has 0 aromatic carbocycles. The Morgan fingerprint density at radius 1 is 1.50 bits per heavy atom. The first kappa shape index (κ1) is 12.8. The second-order valence-corrected chi connectivity index (χ2v) is 4.66. The molecular formula is C11H19N5O2. The maximum absolute atomic E-state index is 10.9. The Kier molecular flexibility index (Phi) is 3.81. The van der Waals surface area contributed by atoms with Gasteiger partial charge in [-0.1, -0.05) is 0 Å². The number of hydrogen-bond donors (Lipinski definition) is 2. The highest BCUT2D eigenvalue weighted by Gasteiger charge is 2.23. The molecule has 1 aliphatic carbocycles. The monoisotopic (exact) mass is 253 g/mol. The summed E-state index contributed by atoms with van der Waals surface area (Å²) in [5, 5.41) is 17.4. The van der Waals surface area contributed by atoms with Gasteiger partial charge in [-0.3, -0.25) is 4.57 Å². The van der Waals surface area contributed by atoms with Crippen molar-refractivity contribution in [2.45, 2.75) is 32.2 Å². The molecule has 2 rings (SSSR count). The second kappa shape index (κ2) is 5.34. The summed E-state index contributed by atoms with van der Waals surface area (Å²) in [7, 11) is 1.78. The summed E-state index contributed by atoms with van der Waals surface area (Å²) >= 11 is 0. The third-order valence-electron chi connectivity index (χ3n) is 3.13. The van der Waals surface area contributed by atoms with Crippen LogP contribution in [-0.2, 0) is 7.05 Å². The lowest BCUT2D eigenvalue weighted by Gasteiger charge is -2.07. The minimum absolute atomic E-state index is 0.0925. The number of aromatic nitrogens is 2. The van der Waals surface area contributed by atoms with Crippen LogP contribution in [0.15, 0.2) is 0 Å². The molecule has 0 unspecified atom stereocenters. The van der Waals surface area contributed by atoms with Crippen LogP contribution in [0.25, 0.3) is 0 Å². The summed E-state index contributed by atoms with van der Waals surface area (Å²) in [5.41, 5.74) is 0. The zero-order valence-corrected chi connectivity index (χ0v) is 10.8. The number of rotatable bonds is 7. The summed E-state index contributed by atoms with van der Waals surface area (Å²) in [6.45, 7) is 3.41. The molecule has 0 bridgehead atoms. The minimum Gasteiger partial charge on any atom is -0.364 e. The maximum atomic E-state index is 10.9. The van der Waals surface area contributed by atoms with Gasteiger partial charge in [0, 0.05) is 26.6 Å². The smallest absolute Gasteiger partial charge is 0.364 e. The fourth-order valence-corrected chi connectivity index (χ4v) is 1.81. The van der Waals surface area contributed by atoms with E-state index in [-0.39, 0.29) is 5.82 Å². The van der Waals surface area contributed by atoms with Gasteiger partial charge in [0.25, 0.3) is 0 Å². The Bertz CT molecular complexity index is 439. The average molecular weight is 253 g/mol. The highest BCUT2D eigenvalue weighted by Crippen LogP contribution is 2.23. The van der Waals surface area contributed by atoms with Crippen molar-refractivity contribution in [3.63, 3.8) is 0 Å². The molecule has 0 spiro atoms. The molecule has 7 heteroatoms. The van der Waals surface area contributed by atoms with Crippen LogP contribution in [0, 0.1) is 17.0 Å². The van der Waals surface area contributed by atoms with Gasteiger partial charge >= 0.3 is 5.82 Å². The highest BCUT2D eigenvalue weighted by molar-refractivity contribution is 5.53. The van der Waals surface area contributed by atoms with Gasteiger partial charge in [0.1, 0.15) is 0 Å². The Morgan fingerprint density at radius 3 is 2.83 bits per heavy atom. The molecule has 0 radical (unpaired) electrons. The van der Waals surface area contributed by atoms with E-state index in [1.54, 1.807) is 18.5 Å². The van der Waals surface area contributed by atoms with Crippen molar-refractivity contribution in [1.29, 1.82) is 0 Å². The van der Waals surface area contributed by atoms with Crippen molar-refractivity contribution in [2.75, 3.05) is 18.4 Å². The summed E-state index contributed by atoms with van der Waals surface area (Å²) in [6, 6.07) is 0.707. The molecule has 18 heavy (non-hydrogen) atoms. The van der Waals surface area contributed by atoms with Gasteiger partial charge < -0.3 is 20.7 Å². The zero-order chi connectivity index (χ0) is 13.1. The minimum atomic E-state index is -0.447. The van der Waals surface area contributed by atoms with E-state index < -0.39 is 4.92 Å². The standard InChI is InChI=1S/C11H19N5O2/c1-8-14-11(16(17)18)10(15(8)2)13-7-3-6-12-9-4-5-9/h9,12-13H,3-7H2,1-2H3. The van der Waals surface area contributed by atoms with Gasteiger partial charge in [-0.15, -0.1) is 0 Å². The van der Waals surface area contributed by atoms with Crippen molar-refractivity contribution in [3.8, 4) is 0 Å². The normalized spacial score (nSPS) is 14.8. The van der Waals surface area contributed by atoms with Crippen LogP contribution in [-0.4, -0.2) is 33.6 Å². The lowest BCUT2D eigenvalue weighted by atomic mass is 10.4. The van der Waals surface area contributed by atoms with Gasteiger partial charge in [0.05, 0.1) is 0 Å². The molecule has 1 aliphatic rings. The number of hydrogen-bond acceptors (Lipinski definition) is 5. The molecule has 0 saturated heterocycles. The molecule has 1 fully saturated rings. The van der Waals surface area contributed by atoms with Crippen molar-refractivity contribution < 1.29 is 4.92 Å². The fraction of sp³-hybridized carbons (Fsp3) is 0.727. The summed E-state index contributed by atoms with van der Waals surface area (Å²) in [5.74, 6) is 1.04. The quantitative estimate of drug-likeness (QED) is 0.433. The van der Waals surface area contributed by atoms with Crippen LogP contribution in [0.2, 0.25) is 0 Å². The van der Waals surface area contributed by atoms with Crippen LogP contribution < -0.4 is 10.6 Å². The number of nitrogens with one attached hydrogen (secondary N) is 2. The van der Waals surface area contributed by atoms with E-state index >= 15 is 0 Å². The first-order valence-electron chi connectivity index (χ1n) is 6.24. The lowest BCUT2D eigenvalue weighted by molar-refractivity contribution is -0.388. The molecular weight excluding hydrogens is 234 g/mol. The Morgan fingerprint density at radius 2 is 2.22 bits per heavy atom. The van der Waals surface area contributed by atoms with Crippen LogP contribution in [0.3, 0.4) is 0 Å². The van der Waals surface area contributed by atoms with Gasteiger partial charge in [-0.25, -0.2) is 0 Å². The van der Waals surface area contributed by atoms with Crippen molar-refractivity contribution in [3.05, 3.63) is 15.9 Å². The van der Waals surface area contributed by atoms with E-state index in [1.807, 2.05) is 0 Å². The summed E-state index contributed by atoms with van der Waals surface area (Å²) in [4.78, 5) is 14.3. The first-order chi connectivity index (χ1) is 8.59. The van der Waals surface area contributed by atoms with Crippen LogP contribution in [0.5, 0.6) is 0 Å². The molecule has 0 atom stereocenters. The lowest BCUT2D eigenvalue weighted by Crippen LogP contribution is -2.20. The summed E-state index contributed by atoms with van der Waals surface area (Å²) < 4.78 is 1.71. The zero-order valence-electron chi connectivity index (χ0n) is 10.8. The van der Waals surface area contributed by atoms with Crippen molar-refractivity contribution in [2.24, 2.45) is 7.05 Å². The third kappa shape index (κ3) is 2.98. The van der Waals surface area contributed by atoms with E-state index in [4.69, 9.17) is 0 Å². The second-order valence-electron chi connectivity index (χ2n) is 4.66. The Labute approximate surface area is 106 Å². The molecule has 2 N–H and O–H groups in total. The van der Waals surface area contributed by atoms with E-state index in [9.17, 15) is 10.1 Å². The van der Waals surface area contributed by atoms with E-state index in [2.05, 4.69) is 15.6 Å². The third-order valence-corrected chi connectivity index (χ3v) is 3.13. The SMILES string of the molecule is Cc1nc([N+](=O)[O-])c(NCCCNC2CC2)n1C. The molecule has 0 aliphatic heterocycles. The molecule has 100 valence electrons. The average Bonchev–Trinajstić information content (AvgIpc) is 3.09. The molecule has 7 nitrogen and oxygen atoms in total. The van der Waals surface area contributed by atoms with E-state index in [0.717, 1.165) is 13.0 Å². The van der Waals surface area contributed by atoms with E-state index in [0.29, 0.717) is 24.2 Å². The van der Waals surface area contributed by atoms with Gasteiger partial charge in [-0.05, 0) is 35.7 Å². The van der Waals surface area contributed by atoms with Gasteiger partial charge in [0.2, 0.25) is 11.6 Å². The largest absolute Gasteiger partial charge is 0.406 e. The predicted molar refractivity (Wildman–Crippen MR) is 68.7 cm³/mol. The van der Waals surface area contributed by atoms with Gasteiger partial charge in [0.15, 0.2) is 0 Å². The molecule has 1 aromatic heterocycles. The number of anilines is 1. The van der Waals surface area contributed by atoms with Crippen molar-refractivity contribution >= 4 is 11.6 Å². The molecule has 1 aromatic rings. The molecule has 0 amide bonds. The maximum Gasteiger partial charge on any atom is 0.406 e. The molecule has 1 saturated carbocycles. The number of nitrogens with zero attached hydrogens (tertiary/aromatic N) is 3. The highest BCUT2D eigenvalue weighted by atomic mass is 16.6. The fourth-order valence-electron chi connectivity index (χ4n) is 1.81. The topological polar surface area (TPSA) is 85.0 Å². The predicted octanol–water partition coefficient (Wildman–Crippen LogP) is 1.19. The Hall–Kier alpha value is -1.63. The van der Waals surface area contributed by atoms with E-state index in [1.165, 1.54) is 12.8 Å². The summed E-state index contributed by atoms with van der Waals surface area (Å²) in [6.07, 6.45) is 3.50. The number of aryl methyl sites for hydroxylation is 1. The van der Waals surface area contributed by atoms with Gasteiger partial charge in [-0.2, -0.15) is 0 Å². The van der Waals surface area contributed by atoms with Crippen LogP contribution in [0.1, 0.15) is 25.1 Å². The number of imidazole rings is 1. The molecule has 1 heterocycles. The first-order valence-corrected chi connectivity index (χ1v) is 6.24. The number of nitro groups is 1.